The lowest BCUT2D eigenvalue weighted by atomic mass is 10.1. The zero-order valence-electron chi connectivity index (χ0n) is 13.2. The van der Waals surface area contributed by atoms with E-state index in [1.54, 1.807) is 26.4 Å². The van der Waals surface area contributed by atoms with Crippen molar-refractivity contribution < 1.29 is 19.4 Å². The van der Waals surface area contributed by atoms with Gasteiger partial charge in [-0.2, -0.15) is 0 Å². The number of fused-ring (bicyclic) bond motifs is 3. The van der Waals surface area contributed by atoms with Crippen LogP contribution in [0.1, 0.15) is 16.4 Å². The second kappa shape index (κ2) is 6.40. The number of aromatic nitrogens is 1. The minimum Gasteiger partial charge on any atom is -0.478 e. The molecule has 0 amide bonds. The number of hydrogen-bond acceptors (Lipinski definition) is 3. The van der Waals surface area contributed by atoms with Gasteiger partial charge in [-0.1, -0.05) is 24.3 Å². The molecule has 0 fully saturated rings. The van der Waals surface area contributed by atoms with Gasteiger partial charge in [0.2, 0.25) is 0 Å². The lowest BCUT2D eigenvalue weighted by Gasteiger charge is -2.20. The topological polar surface area (TPSA) is 60.7 Å². The third-order valence-electron chi connectivity index (χ3n) is 4.04. The van der Waals surface area contributed by atoms with Crippen molar-refractivity contribution in [1.29, 1.82) is 0 Å². The SMILES string of the molecule is COCC(COC)n1c2ccccc2c2ccc(C(=O)O)cc21. The van der Waals surface area contributed by atoms with Gasteiger partial charge in [0.25, 0.3) is 0 Å². The van der Waals surface area contributed by atoms with Crippen LogP contribution in [0.3, 0.4) is 0 Å². The van der Waals surface area contributed by atoms with Crippen LogP contribution < -0.4 is 0 Å². The first-order valence-electron chi connectivity index (χ1n) is 7.41. The van der Waals surface area contributed by atoms with Gasteiger partial charge in [-0.25, -0.2) is 4.79 Å². The quantitative estimate of drug-likeness (QED) is 0.758. The van der Waals surface area contributed by atoms with Crippen molar-refractivity contribution in [2.24, 2.45) is 0 Å². The van der Waals surface area contributed by atoms with Gasteiger partial charge >= 0.3 is 5.97 Å². The van der Waals surface area contributed by atoms with Crippen molar-refractivity contribution in [3.05, 3.63) is 48.0 Å². The molecule has 0 saturated heterocycles. The van der Waals surface area contributed by atoms with Crippen molar-refractivity contribution in [2.45, 2.75) is 6.04 Å². The van der Waals surface area contributed by atoms with Gasteiger partial charge in [0.15, 0.2) is 0 Å². The molecule has 2 aromatic carbocycles. The van der Waals surface area contributed by atoms with Crippen LogP contribution in [0.2, 0.25) is 0 Å². The number of para-hydroxylation sites is 1. The molecular formula is C18H19NO4. The Morgan fingerprint density at radius 1 is 1.04 bits per heavy atom. The van der Waals surface area contributed by atoms with Crippen LogP contribution in [-0.4, -0.2) is 43.1 Å². The van der Waals surface area contributed by atoms with E-state index in [1.807, 2.05) is 30.3 Å². The van der Waals surface area contributed by atoms with Crippen LogP contribution in [-0.2, 0) is 9.47 Å². The van der Waals surface area contributed by atoms with E-state index in [9.17, 15) is 9.90 Å². The van der Waals surface area contributed by atoms with Gasteiger partial charge in [-0.05, 0) is 18.2 Å². The summed E-state index contributed by atoms with van der Waals surface area (Å²) in [5, 5.41) is 11.4. The van der Waals surface area contributed by atoms with Crippen LogP contribution in [0, 0.1) is 0 Å². The van der Waals surface area contributed by atoms with Crippen LogP contribution in [0.5, 0.6) is 0 Å². The highest BCUT2D eigenvalue weighted by molar-refractivity contribution is 6.09. The molecule has 0 bridgehead atoms. The number of aromatic carboxylic acids is 1. The van der Waals surface area contributed by atoms with Crippen LogP contribution >= 0.6 is 0 Å². The van der Waals surface area contributed by atoms with E-state index in [2.05, 4.69) is 4.57 Å². The summed E-state index contributed by atoms with van der Waals surface area (Å²) in [7, 11) is 3.30. The third-order valence-corrected chi connectivity index (χ3v) is 4.04. The molecule has 3 rings (SSSR count). The standard InChI is InChI=1S/C18H19NO4/c1-22-10-13(11-23-2)19-16-6-4-3-5-14(16)15-8-7-12(18(20)21)9-17(15)19/h3-9,13H,10-11H2,1-2H3,(H,20,21). The molecule has 0 spiro atoms. The van der Waals surface area contributed by atoms with Gasteiger partial charge in [-0.3, -0.25) is 0 Å². The maximum absolute atomic E-state index is 11.3. The number of nitrogens with zero attached hydrogens (tertiary/aromatic N) is 1. The van der Waals surface area contributed by atoms with Crippen molar-refractivity contribution in [2.75, 3.05) is 27.4 Å². The second-order valence-electron chi connectivity index (χ2n) is 5.49. The summed E-state index contributed by atoms with van der Waals surface area (Å²) >= 11 is 0. The fourth-order valence-electron chi connectivity index (χ4n) is 3.11. The van der Waals surface area contributed by atoms with Gasteiger partial charge < -0.3 is 19.1 Å². The molecule has 23 heavy (non-hydrogen) atoms. The summed E-state index contributed by atoms with van der Waals surface area (Å²) in [6.07, 6.45) is 0. The number of carbonyl (C=O) groups is 1. The fourth-order valence-corrected chi connectivity index (χ4v) is 3.11. The molecule has 0 unspecified atom stereocenters. The minimum absolute atomic E-state index is 0.0311. The number of ether oxygens (including phenoxy) is 2. The fraction of sp³-hybridized carbons (Fsp3) is 0.278. The lowest BCUT2D eigenvalue weighted by Crippen LogP contribution is -2.19. The largest absolute Gasteiger partial charge is 0.478 e. The molecule has 5 nitrogen and oxygen atoms in total. The first-order valence-corrected chi connectivity index (χ1v) is 7.41. The van der Waals surface area contributed by atoms with Gasteiger partial charge in [0.1, 0.15) is 0 Å². The van der Waals surface area contributed by atoms with Gasteiger partial charge in [-0.15, -0.1) is 0 Å². The Bertz CT molecular complexity index is 847. The number of carboxylic acids is 1. The summed E-state index contributed by atoms with van der Waals surface area (Å²) in [5.74, 6) is -0.932. The molecule has 1 N–H and O–H groups in total. The lowest BCUT2D eigenvalue weighted by molar-refractivity contribution is 0.0697. The van der Waals surface area contributed by atoms with Gasteiger partial charge in [0.05, 0.1) is 30.3 Å². The van der Waals surface area contributed by atoms with Crippen molar-refractivity contribution in [1.82, 2.24) is 4.57 Å². The highest BCUT2D eigenvalue weighted by Crippen LogP contribution is 2.32. The summed E-state index contributed by atoms with van der Waals surface area (Å²) in [5.41, 5.74) is 2.20. The molecule has 5 heteroatoms. The monoisotopic (exact) mass is 313 g/mol. The maximum atomic E-state index is 11.3. The van der Waals surface area contributed by atoms with Crippen molar-refractivity contribution in [3.63, 3.8) is 0 Å². The normalized spacial score (nSPS) is 11.6. The Morgan fingerprint density at radius 3 is 2.35 bits per heavy atom. The second-order valence-corrected chi connectivity index (χ2v) is 5.49. The Morgan fingerprint density at radius 2 is 1.70 bits per heavy atom. The molecule has 0 saturated carbocycles. The zero-order chi connectivity index (χ0) is 16.4. The Balaban J connectivity index is 2.33. The van der Waals surface area contributed by atoms with Crippen LogP contribution in [0.4, 0.5) is 0 Å². The predicted octanol–water partition coefficient (Wildman–Crippen LogP) is 3.33. The maximum Gasteiger partial charge on any atom is 0.335 e. The Kier molecular flexibility index (Phi) is 4.32. The minimum atomic E-state index is -0.932. The van der Waals surface area contributed by atoms with E-state index < -0.39 is 5.97 Å². The third kappa shape index (κ3) is 2.69. The molecule has 3 aromatic rings. The van der Waals surface area contributed by atoms with Crippen molar-refractivity contribution in [3.8, 4) is 0 Å². The molecule has 1 aromatic heterocycles. The highest BCUT2D eigenvalue weighted by Gasteiger charge is 2.19. The number of carboxylic acid groups (broad SMARTS) is 1. The van der Waals surface area contributed by atoms with Crippen LogP contribution in [0.15, 0.2) is 42.5 Å². The predicted molar refractivity (Wildman–Crippen MR) is 89.2 cm³/mol. The van der Waals surface area contributed by atoms with Gasteiger partial charge in [0, 0.05) is 30.5 Å². The zero-order valence-corrected chi connectivity index (χ0v) is 13.2. The molecule has 1 heterocycles. The Hall–Kier alpha value is -2.37. The Labute approximate surface area is 134 Å². The molecule has 0 aliphatic rings. The first-order chi connectivity index (χ1) is 11.2. The summed E-state index contributed by atoms with van der Waals surface area (Å²) < 4.78 is 12.8. The molecule has 0 aliphatic heterocycles. The van der Waals surface area contributed by atoms with E-state index in [-0.39, 0.29) is 11.6 Å². The van der Waals surface area contributed by atoms with E-state index in [4.69, 9.17) is 9.47 Å². The van der Waals surface area contributed by atoms with E-state index in [1.165, 1.54) is 0 Å². The first kappa shape index (κ1) is 15.5. The highest BCUT2D eigenvalue weighted by atomic mass is 16.5. The van der Waals surface area contributed by atoms with Crippen LogP contribution in [0.25, 0.3) is 21.8 Å². The molecule has 120 valence electrons. The average Bonchev–Trinajstić information content (AvgIpc) is 2.88. The molecule has 0 aliphatic carbocycles. The van der Waals surface area contributed by atoms with E-state index >= 15 is 0 Å². The summed E-state index contributed by atoms with van der Waals surface area (Å²) in [6.45, 7) is 0.970. The molecule has 0 radical (unpaired) electrons. The molecular weight excluding hydrogens is 294 g/mol. The average molecular weight is 313 g/mol. The number of benzene rings is 2. The number of hydrogen-bond donors (Lipinski definition) is 1. The van der Waals surface area contributed by atoms with E-state index in [0.29, 0.717) is 13.2 Å². The smallest absolute Gasteiger partial charge is 0.335 e. The number of rotatable bonds is 6. The summed E-state index contributed by atoms with van der Waals surface area (Å²) in [6, 6.07) is 13.2. The summed E-state index contributed by atoms with van der Waals surface area (Å²) in [4.78, 5) is 11.3. The number of methoxy groups -OCH3 is 2. The van der Waals surface area contributed by atoms with Crippen molar-refractivity contribution >= 4 is 27.8 Å². The molecule has 0 atom stereocenters. The van der Waals surface area contributed by atoms with E-state index in [0.717, 1.165) is 21.8 Å².